The molecular weight excluding hydrogens is 420 g/mol. The van der Waals surface area contributed by atoms with E-state index < -0.39 is 0 Å². The quantitative estimate of drug-likeness (QED) is 0.542. The van der Waals surface area contributed by atoms with E-state index in [4.69, 9.17) is 25.8 Å². The number of carbonyl (C=O) groups is 2. The van der Waals surface area contributed by atoms with Crippen LogP contribution in [0, 0.1) is 0 Å². The Hall–Kier alpha value is -2.93. The summed E-state index contributed by atoms with van der Waals surface area (Å²) < 4.78 is 16.3. The fourth-order valence-corrected chi connectivity index (χ4v) is 3.27. The van der Waals surface area contributed by atoms with Crippen molar-refractivity contribution in [3.8, 4) is 17.2 Å². The van der Waals surface area contributed by atoms with Crippen molar-refractivity contribution in [3.63, 3.8) is 0 Å². The molecule has 0 radical (unpaired) electrons. The SMILES string of the molecule is CCCOc1c(Cl)cc(C(=O)N(CCC)CC(=O)Nc2ccccc2OC)cc1OC. The third-order valence-corrected chi connectivity index (χ3v) is 4.70. The van der Waals surface area contributed by atoms with E-state index in [-0.39, 0.29) is 23.4 Å². The molecule has 7 nitrogen and oxygen atoms in total. The highest BCUT2D eigenvalue weighted by Crippen LogP contribution is 2.37. The lowest BCUT2D eigenvalue weighted by molar-refractivity contribution is -0.116. The number of para-hydroxylation sites is 2. The van der Waals surface area contributed by atoms with Crippen LogP contribution in [0.2, 0.25) is 5.02 Å². The Labute approximate surface area is 188 Å². The molecule has 168 valence electrons. The van der Waals surface area contributed by atoms with Gasteiger partial charge in [0.05, 0.1) is 31.5 Å². The Morgan fingerprint density at radius 1 is 1.03 bits per heavy atom. The first-order valence-corrected chi connectivity index (χ1v) is 10.5. The molecule has 0 spiro atoms. The summed E-state index contributed by atoms with van der Waals surface area (Å²) in [5, 5.41) is 3.08. The predicted molar refractivity (Wildman–Crippen MR) is 122 cm³/mol. The van der Waals surface area contributed by atoms with Gasteiger partial charge in [-0.1, -0.05) is 37.6 Å². The number of nitrogens with one attached hydrogen (secondary N) is 1. The topological polar surface area (TPSA) is 77.1 Å². The third kappa shape index (κ3) is 6.52. The van der Waals surface area contributed by atoms with Crippen LogP contribution >= 0.6 is 11.6 Å². The molecule has 8 heteroatoms. The minimum Gasteiger partial charge on any atom is -0.495 e. The van der Waals surface area contributed by atoms with E-state index in [0.717, 1.165) is 6.42 Å². The maximum Gasteiger partial charge on any atom is 0.254 e. The van der Waals surface area contributed by atoms with E-state index in [1.54, 1.807) is 24.3 Å². The van der Waals surface area contributed by atoms with Gasteiger partial charge in [-0.15, -0.1) is 0 Å². The molecular formula is C23H29ClN2O5. The summed E-state index contributed by atoms with van der Waals surface area (Å²) in [6.07, 6.45) is 1.50. The van der Waals surface area contributed by atoms with Gasteiger partial charge in [0.2, 0.25) is 5.91 Å². The number of benzene rings is 2. The summed E-state index contributed by atoms with van der Waals surface area (Å²) in [4.78, 5) is 27.3. The van der Waals surface area contributed by atoms with Crippen LogP contribution in [0.25, 0.3) is 0 Å². The van der Waals surface area contributed by atoms with Crippen LogP contribution in [-0.2, 0) is 4.79 Å². The molecule has 0 aromatic heterocycles. The molecule has 1 N–H and O–H groups in total. The lowest BCUT2D eigenvalue weighted by Gasteiger charge is -2.23. The van der Waals surface area contributed by atoms with Gasteiger partial charge in [-0.2, -0.15) is 0 Å². The molecule has 0 atom stereocenters. The molecule has 0 unspecified atom stereocenters. The summed E-state index contributed by atoms with van der Waals surface area (Å²) >= 11 is 6.35. The molecule has 0 fully saturated rings. The van der Waals surface area contributed by atoms with Crippen molar-refractivity contribution in [2.24, 2.45) is 0 Å². The molecule has 0 saturated heterocycles. The van der Waals surface area contributed by atoms with E-state index in [1.807, 2.05) is 19.9 Å². The van der Waals surface area contributed by atoms with Gasteiger partial charge in [0.1, 0.15) is 12.3 Å². The van der Waals surface area contributed by atoms with Gasteiger partial charge in [-0.25, -0.2) is 0 Å². The van der Waals surface area contributed by atoms with E-state index in [0.29, 0.717) is 48.1 Å². The van der Waals surface area contributed by atoms with Crippen LogP contribution in [0.5, 0.6) is 17.2 Å². The van der Waals surface area contributed by atoms with Crippen molar-refractivity contribution in [1.82, 2.24) is 4.90 Å². The zero-order valence-electron chi connectivity index (χ0n) is 18.4. The maximum absolute atomic E-state index is 13.2. The number of nitrogens with zero attached hydrogens (tertiary/aromatic N) is 1. The van der Waals surface area contributed by atoms with E-state index in [1.165, 1.54) is 25.2 Å². The molecule has 2 amide bonds. The monoisotopic (exact) mass is 448 g/mol. The first kappa shape index (κ1) is 24.3. The highest BCUT2D eigenvalue weighted by Gasteiger charge is 2.22. The Morgan fingerprint density at radius 3 is 2.39 bits per heavy atom. The number of carbonyl (C=O) groups excluding carboxylic acids is 2. The number of methoxy groups -OCH3 is 2. The number of ether oxygens (including phenoxy) is 3. The summed E-state index contributed by atoms with van der Waals surface area (Å²) in [6.45, 7) is 4.70. The molecule has 2 aromatic rings. The van der Waals surface area contributed by atoms with Crippen molar-refractivity contribution in [1.29, 1.82) is 0 Å². The normalized spacial score (nSPS) is 10.4. The smallest absolute Gasteiger partial charge is 0.254 e. The molecule has 0 aliphatic rings. The lowest BCUT2D eigenvalue weighted by atomic mass is 10.1. The molecule has 0 bridgehead atoms. The van der Waals surface area contributed by atoms with Crippen molar-refractivity contribution < 1.29 is 23.8 Å². The standard InChI is InChI=1S/C23H29ClN2O5/c1-5-11-26(15-21(27)25-18-9-7-8-10-19(18)29-3)23(28)16-13-17(24)22(31-12-6-2)20(14-16)30-4/h7-10,13-14H,5-6,11-12,15H2,1-4H3,(H,25,27). The number of amides is 2. The molecule has 0 saturated carbocycles. The number of halogens is 1. The first-order valence-electron chi connectivity index (χ1n) is 10.2. The number of hydrogen-bond donors (Lipinski definition) is 1. The summed E-state index contributed by atoms with van der Waals surface area (Å²) in [5.74, 6) is 0.674. The number of anilines is 1. The average Bonchev–Trinajstić information content (AvgIpc) is 2.77. The van der Waals surface area contributed by atoms with Gasteiger partial charge in [-0.3, -0.25) is 9.59 Å². The second-order valence-corrected chi connectivity index (χ2v) is 7.22. The van der Waals surface area contributed by atoms with Gasteiger partial charge < -0.3 is 24.4 Å². The minimum atomic E-state index is -0.327. The van der Waals surface area contributed by atoms with Crippen LogP contribution in [0.1, 0.15) is 37.0 Å². The van der Waals surface area contributed by atoms with Crippen molar-refractivity contribution in [2.45, 2.75) is 26.7 Å². The highest BCUT2D eigenvalue weighted by atomic mass is 35.5. The molecule has 2 rings (SSSR count). The van der Waals surface area contributed by atoms with E-state index >= 15 is 0 Å². The fourth-order valence-electron chi connectivity index (χ4n) is 3.00. The molecule has 2 aromatic carbocycles. The second kappa shape index (κ2) is 12.1. The van der Waals surface area contributed by atoms with Crippen LogP contribution in [-0.4, -0.2) is 50.6 Å². The van der Waals surface area contributed by atoms with E-state index in [2.05, 4.69) is 5.32 Å². The number of rotatable bonds is 11. The minimum absolute atomic E-state index is 0.112. The highest BCUT2D eigenvalue weighted by molar-refractivity contribution is 6.32. The molecule has 0 aliphatic carbocycles. The number of hydrogen-bond acceptors (Lipinski definition) is 5. The predicted octanol–water partition coefficient (Wildman–Crippen LogP) is 4.64. The van der Waals surface area contributed by atoms with E-state index in [9.17, 15) is 9.59 Å². The molecule has 0 heterocycles. The zero-order chi connectivity index (χ0) is 22.8. The second-order valence-electron chi connectivity index (χ2n) is 6.81. The van der Waals surface area contributed by atoms with Crippen molar-refractivity contribution >= 4 is 29.1 Å². The zero-order valence-corrected chi connectivity index (χ0v) is 19.1. The molecule has 0 aliphatic heterocycles. The van der Waals surface area contributed by atoms with Crippen molar-refractivity contribution in [2.75, 3.05) is 39.2 Å². The average molecular weight is 449 g/mol. The Bertz CT molecular complexity index is 904. The van der Waals surface area contributed by atoms with Gasteiger partial charge in [0, 0.05) is 12.1 Å². The van der Waals surface area contributed by atoms with Gasteiger partial charge in [-0.05, 0) is 37.1 Å². The summed E-state index contributed by atoms with van der Waals surface area (Å²) in [7, 11) is 3.02. The van der Waals surface area contributed by atoms with Crippen LogP contribution in [0.15, 0.2) is 36.4 Å². The Morgan fingerprint density at radius 2 is 1.74 bits per heavy atom. The van der Waals surface area contributed by atoms with Crippen LogP contribution < -0.4 is 19.5 Å². The van der Waals surface area contributed by atoms with Crippen LogP contribution in [0.4, 0.5) is 5.69 Å². The largest absolute Gasteiger partial charge is 0.495 e. The Kier molecular flexibility index (Phi) is 9.46. The molecule has 31 heavy (non-hydrogen) atoms. The lowest BCUT2D eigenvalue weighted by Crippen LogP contribution is -2.38. The van der Waals surface area contributed by atoms with Gasteiger partial charge >= 0.3 is 0 Å². The maximum atomic E-state index is 13.2. The third-order valence-electron chi connectivity index (χ3n) is 4.42. The fraction of sp³-hybridized carbons (Fsp3) is 0.391. The summed E-state index contributed by atoms with van der Waals surface area (Å²) in [6, 6.07) is 10.2. The van der Waals surface area contributed by atoms with Gasteiger partial charge in [0.25, 0.3) is 5.91 Å². The van der Waals surface area contributed by atoms with Gasteiger partial charge in [0.15, 0.2) is 11.5 Å². The summed E-state index contributed by atoms with van der Waals surface area (Å²) in [5.41, 5.74) is 0.866. The van der Waals surface area contributed by atoms with Crippen molar-refractivity contribution in [3.05, 3.63) is 47.0 Å². The Balaban J connectivity index is 2.21. The van der Waals surface area contributed by atoms with Crippen LogP contribution in [0.3, 0.4) is 0 Å². The first-order chi connectivity index (χ1) is 14.9.